The lowest BCUT2D eigenvalue weighted by atomic mass is 10.0. The normalized spacial score (nSPS) is 11.6. The molecule has 0 unspecified atom stereocenters. The van der Waals surface area contributed by atoms with Crippen LogP contribution in [0.4, 0.5) is 11.4 Å². The maximum atomic E-state index is 12.8. The predicted octanol–water partition coefficient (Wildman–Crippen LogP) is 6.39. The largest absolute Gasteiger partial charge is 0.375 e. The first kappa shape index (κ1) is 22.6. The van der Waals surface area contributed by atoms with Gasteiger partial charge in [0, 0.05) is 33.8 Å². The molecule has 0 aliphatic carbocycles. The quantitative estimate of drug-likeness (QED) is 0.302. The first-order chi connectivity index (χ1) is 14.9. The van der Waals surface area contributed by atoms with E-state index < -0.39 is 4.92 Å². The summed E-state index contributed by atoms with van der Waals surface area (Å²) in [5.41, 5.74) is 1.89. The fourth-order valence-corrected chi connectivity index (χ4v) is 3.74. The molecule has 31 heavy (non-hydrogen) atoms. The molecule has 0 aliphatic rings. The highest BCUT2D eigenvalue weighted by Crippen LogP contribution is 2.29. The van der Waals surface area contributed by atoms with Crippen LogP contribution in [0.5, 0.6) is 0 Å². The number of carbonyl (C=O) groups is 1. The molecule has 0 saturated carbocycles. The Labute approximate surface area is 190 Å². The van der Waals surface area contributed by atoms with E-state index >= 15 is 0 Å². The Morgan fingerprint density at radius 1 is 1.03 bits per heavy atom. The summed E-state index contributed by atoms with van der Waals surface area (Å²) in [4.78, 5) is 23.9. The molecule has 0 saturated heterocycles. The number of carbonyl (C=O) groups excluding carboxylic acids is 1. The van der Waals surface area contributed by atoms with Crippen molar-refractivity contribution in [3.63, 3.8) is 0 Å². The molecule has 3 rings (SSSR count). The molecule has 0 bridgehead atoms. The van der Waals surface area contributed by atoms with Crippen LogP contribution in [0.15, 0.2) is 66.7 Å². The van der Waals surface area contributed by atoms with E-state index in [2.05, 4.69) is 10.6 Å². The molecule has 6 nitrogen and oxygen atoms in total. The maximum absolute atomic E-state index is 12.8. The summed E-state index contributed by atoms with van der Waals surface area (Å²) in [6.07, 6.45) is 0.691. The van der Waals surface area contributed by atoms with Gasteiger partial charge in [-0.15, -0.1) is 0 Å². The highest BCUT2D eigenvalue weighted by Gasteiger charge is 2.20. The van der Waals surface area contributed by atoms with Crippen LogP contribution in [-0.2, 0) is 6.54 Å². The molecule has 0 heterocycles. The summed E-state index contributed by atoms with van der Waals surface area (Å²) in [6.45, 7) is 2.17. The Morgan fingerprint density at radius 3 is 2.32 bits per heavy atom. The van der Waals surface area contributed by atoms with Gasteiger partial charge in [0.05, 0.1) is 11.0 Å². The van der Waals surface area contributed by atoms with E-state index in [9.17, 15) is 14.9 Å². The number of nitrogens with one attached hydrogen (secondary N) is 2. The third-order valence-electron chi connectivity index (χ3n) is 4.89. The number of nitrogens with zero attached hydrogens (tertiary/aromatic N) is 1. The average molecular weight is 458 g/mol. The Kier molecular flexibility index (Phi) is 7.50. The molecule has 0 aromatic heterocycles. The van der Waals surface area contributed by atoms with Gasteiger partial charge in [0.1, 0.15) is 5.69 Å². The fourth-order valence-electron chi connectivity index (χ4n) is 3.21. The number of rotatable bonds is 8. The molecule has 2 N–H and O–H groups in total. The molecule has 0 fully saturated rings. The lowest BCUT2D eigenvalue weighted by Gasteiger charge is -2.18. The Balaban J connectivity index is 1.79. The summed E-state index contributed by atoms with van der Waals surface area (Å²) >= 11 is 12.3. The minimum absolute atomic E-state index is 0.187. The van der Waals surface area contributed by atoms with Crippen LogP contribution >= 0.6 is 23.2 Å². The molecule has 8 heteroatoms. The first-order valence-corrected chi connectivity index (χ1v) is 10.5. The summed E-state index contributed by atoms with van der Waals surface area (Å²) in [5.74, 6) is -0.375. The molecule has 3 aromatic rings. The first-order valence-electron chi connectivity index (χ1n) is 9.71. The number of nitro benzene ring substituents is 1. The molecule has 160 valence electrons. The van der Waals surface area contributed by atoms with E-state index in [4.69, 9.17) is 23.2 Å². The molecule has 0 spiro atoms. The zero-order valence-electron chi connectivity index (χ0n) is 16.8. The van der Waals surface area contributed by atoms with Gasteiger partial charge in [-0.3, -0.25) is 14.9 Å². The van der Waals surface area contributed by atoms with Crippen molar-refractivity contribution in [2.75, 3.05) is 5.32 Å². The smallest absolute Gasteiger partial charge is 0.293 e. The minimum Gasteiger partial charge on any atom is -0.375 e. The number of anilines is 1. The summed E-state index contributed by atoms with van der Waals surface area (Å²) in [7, 11) is 0. The lowest BCUT2D eigenvalue weighted by Crippen LogP contribution is -2.28. The standard InChI is InChI=1S/C23H21Cl2N3O3/c1-2-20(15-7-4-3-5-8-15)27-23(29)16-11-12-21(22(13-16)28(30)31)26-14-17-18(24)9-6-10-19(17)25/h3-13,20,26H,2,14H2,1H3,(H,27,29)/t20-/m1/s1. The van der Waals surface area contributed by atoms with E-state index in [0.29, 0.717) is 22.0 Å². The number of hydrogen-bond donors (Lipinski definition) is 2. The molecular formula is C23H21Cl2N3O3. The highest BCUT2D eigenvalue weighted by molar-refractivity contribution is 6.36. The van der Waals surface area contributed by atoms with Crippen molar-refractivity contribution in [2.45, 2.75) is 25.9 Å². The van der Waals surface area contributed by atoms with Crippen LogP contribution < -0.4 is 10.6 Å². The van der Waals surface area contributed by atoms with Gasteiger partial charge in [-0.05, 0) is 36.2 Å². The van der Waals surface area contributed by atoms with Crippen LogP contribution in [0.25, 0.3) is 0 Å². The predicted molar refractivity (Wildman–Crippen MR) is 124 cm³/mol. The topological polar surface area (TPSA) is 84.3 Å². The van der Waals surface area contributed by atoms with Gasteiger partial charge in [-0.25, -0.2) is 0 Å². The van der Waals surface area contributed by atoms with Gasteiger partial charge in [0.15, 0.2) is 0 Å². The number of nitro groups is 1. The minimum atomic E-state index is -0.526. The Hall–Kier alpha value is -3.09. The van der Waals surface area contributed by atoms with Crippen molar-refractivity contribution >= 4 is 40.5 Å². The second-order valence-corrected chi connectivity index (χ2v) is 7.70. The van der Waals surface area contributed by atoms with Crippen LogP contribution in [0.2, 0.25) is 10.0 Å². The molecule has 0 radical (unpaired) electrons. The van der Waals surface area contributed by atoms with Gasteiger partial charge < -0.3 is 10.6 Å². The van der Waals surface area contributed by atoms with Gasteiger partial charge in [-0.2, -0.15) is 0 Å². The third-order valence-corrected chi connectivity index (χ3v) is 5.60. The van der Waals surface area contributed by atoms with Crippen molar-refractivity contribution in [1.29, 1.82) is 0 Å². The van der Waals surface area contributed by atoms with E-state index in [1.165, 1.54) is 12.1 Å². The van der Waals surface area contributed by atoms with Gasteiger partial charge in [-0.1, -0.05) is 66.5 Å². The monoisotopic (exact) mass is 457 g/mol. The van der Waals surface area contributed by atoms with Crippen molar-refractivity contribution < 1.29 is 9.72 Å². The lowest BCUT2D eigenvalue weighted by molar-refractivity contribution is -0.384. The van der Waals surface area contributed by atoms with Crippen molar-refractivity contribution in [2.24, 2.45) is 0 Å². The van der Waals surface area contributed by atoms with Crippen LogP contribution in [0.3, 0.4) is 0 Å². The van der Waals surface area contributed by atoms with E-state index in [1.807, 2.05) is 37.3 Å². The van der Waals surface area contributed by atoms with Crippen molar-refractivity contribution in [3.8, 4) is 0 Å². The Morgan fingerprint density at radius 2 is 1.71 bits per heavy atom. The van der Waals surface area contributed by atoms with E-state index in [1.54, 1.807) is 24.3 Å². The summed E-state index contributed by atoms with van der Waals surface area (Å²) in [6, 6.07) is 18.8. The second kappa shape index (κ2) is 10.3. The fraction of sp³-hybridized carbons (Fsp3) is 0.174. The maximum Gasteiger partial charge on any atom is 0.293 e. The molecule has 1 amide bonds. The number of benzene rings is 3. The molecule has 3 aromatic carbocycles. The van der Waals surface area contributed by atoms with E-state index in [0.717, 1.165) is 5.56 Å². The van der Waals surface area contributed by atoms with Crippen molar-refractivity contribution in [3.05, 3.63) is 104 Å². The average Bonchev–Trinajstić information content (AvgIpc) is 2.77. The summed E-state index contributed by atoms with van der Waals surface area (Å²) in [5, 5.41) is 18.5. The van der Waals surface area contributed by atoms with Crippen LogP contribution in [-0.4, -0.2) is 10.8 Å². The second-order valence-electron chi connectivity index (χ2n) is 6.89. The SMILES string of the molecule is CC[C@@H](NC(=O)c1ccc(NCc2c(Cl)cccc2Cl)c([N+](=O)[O-])c1)c1ccccc1. The molecule has 0 aliphatic heterocycles. The van der Waals surface area contributed by atoms with Gasteiger partial charge >= 0.3 is 0 Å². The zero-order valence-corrected chi connectivity index (χ0v) is 18.3. The number of halogens is 2. The Bertz CT molecular complexity index is 1070. The molecule has 1 atom stereocenters. The summed E-state index contributed by atoms with van der Waals surface area (Å²) < 4.78 is 0. The van der Waals surface area contributed by atoms with E-state index in [-0.39, 0.29) is 35.4 Å². The van der Waals surface area contributed by atoms with Crippen LogP contribution in [0.1, 0.15) is 40.9 Å². The van der Waals surface area contributed by atoms with Gasteiger partial charge in [0.25, 0.3) is 11.6 Å². The highest BCUT2D eigenvalue weighted by atomic mass is 35.5. The van der Waals surface area contributed by atoms with Crippen LogP contribution in [0, 0.1) is 10.1 Å². The number of hydrogen-bond acceptors (Lipinski definition) is 4. The number of amides is 1. The van der Waals surface area contributed by atoms with Crippen molar-refractivity contribution in [1.82, 2.24) is 5.32 Å². The third kappa shape index (κ3) is 5.54. The molecular weight excluding hydrogens is 437 g/mol. The van der Waals surface area contributed by atoms with Gasteiger partial charge in [0.2, 0.25) is 0 Å². The zero-order chi connectivity index (χ0) is 22.4.